The number of amides is 2. The summed E-state index contributed by atoms with van der Waals surface area (Å²) in [5.74, 6) is 1.46. The predicted molar refractivity (Wildman–Crippen MR) is 76.5 cm³/mol. The molecule has 5 nitrogen and oxygen atoms in total. The standard InChI is InChI=1S/C16H24N2O3/c1-10(19)17-8-11-4-13-2-3-14(5-11)18(13)15(20)16-6-12(7-16)9-21-16/h11-14H,2-9H2,1H3,(H,17,19)/t11?,12?,13-,14+,16?. The van der Waals surface area contributed by atoms with Crippen LogP contribution in [-0.2, 0) is 14.3 Å². The van der Waals surface area contributed by atoms with Gasteiger partial charge in [-0.2, -0.15) is 0 Å². The Morgan fingerprint density at radius 3 is 2.43 bits per heavy atom. The van der Waals surface area contributed by atoms with E-state index in [0.717, 1.165) is 51.7 Å². The molecule has 2 amide bonds. The number of nitrogens with zero attached hydrogens (tertiary/aromatic N) is 1. The van der Waals surface area contributed by atoms with Crippen LogP contribution in [-0.4, -0.2) is 47.6 Å². The van der Waals surface area contributed by atoms with Gasteiger partial charge in [0.1, 0.15) is 5.60 Å². The third kappa shape index (κ3) is 2.08. The van der Waals surface area contributed by atoms with Gasteiger partial charge in [0, 0.05) is 25.6 Å². The fraction of sp³-hybridized carbons (Fsp3) is 0.875. The highest BCUT2D eigenvalue weighted by Crippen LogP contribution is 2.51. The maximum absolute atomic E-state index is 12.9. The molecular formula is C16H24N2O3. The molecule has 5 aliphatic rings. The molecule has 0 spiro atoms. The second-order valence-corrected chi connectivity index (χ2v) is 7.45. The first-order chi connectivity index (χ1) is 10.1. The van der Waals surface area contributed by atoms with Crippen molar-refractivity contribution >= 4 is 11.8 Å². The molecule has 0 aromatic rings. The Morgan fingerprint density at radius 1 is 1.24 bits per heavy atom. The first kappa shape index (κ1) is 13.6. The molecule has 5 fully saturated rings. The van der Waals surface area contributed by atoms with Crippen LogP contribution in [0.25, 0.3) is 0 Å². The van der Waals surface area contributed by atoms with Gasteiger partial charge in [0.05, 0.1) is 6.61 Å². The Morgan fingerprint density at radius 2 is 1.90 bits per heavy atom. The molecule has 4 heterocycles. The van der Waals surface area contributed by atoms with Crippen molar-refractivity contribution in [3.05, 3.63) is 0 Å². The van der Waals surface area contributed by atoms with E-state index in [-0.39, 0.29) is 11.8 Å². The smallest absolute Gasteiger partial charge is 0.255 e. The maximum Gasteiger partial charge on any atom is 0.255 e. The van der Waals surface area contributed by atoms with E-state index >= 15 is 0 Å². The van der Waals surface area contributed by atoms with Crippen molar-refractivity contribution in [2.24, 2.45) is 11.8 Å². The summed E-state index contributed by atoms with van der Waals surface area (Å²) in [5, 5.41) is 2.93. The van der Waals surface area contributed by atoms with E-state index in [9.17, 15) is 9.59 Å². The monoisotopic (exact) mass is 292 g/mol. The van der Waals surface area contributed by atoms with Gasteiger partial charge in [-0.15, -0.1) is 0 Å². The largest absolute Gasteiger partial charge is 0.365 e. The molecular weight excluding hydrogens is 268 g/mol. The van der Waals surface area contributed by atoms with E-state index in [1.54, 1.807) is 6.92 Å². The van der Waals surface area contributed by atoms with Crippen molar-refractivity contribution in [3.63, 3.8) is 0 Å². The van der Waals surface area contributed by atoms with E-state index in [4.69, 9.17) is 4.74 Å². The SMILES string of the molecule is CC(=O)NCC1C[C@H]2CC[C@@H](C1)N2C(=O)C12CC(CO1)C2. The topological polar surface area (TPSA) is 58.6 Å². The number of carbonyl (C=O) groups is 2. The summed E-state index contributed by atoms with van der Waals surface area (Å²) in [6.45, 7) is 3.10. The van der Waals surface area contributed by atoms with E-state index in [1.807, 2.05) is 0 Å². The lowest BCUT2D eigenvalue weighted by molar-refractivity contribution is -0.160. The van der Waals surface area contributed by atoms with Gasteiger partial charge in [-0.25, -0.2) is 0 Å². The molecule has 4 bridgehead atoms. The Bertz CT molecular complexity index is 453. The van der Waals surface area contributed by atoms with Gasteiger partial charge in [0.2, 0.25) is 5.91 Å². The van der Waals surface area contributed by atoms with Crippen LogP contribution in [0.2, 0.25) is 0 Å². The van der Waals surface area contributed by atoms with Crippen LogP contribution in [0.3, 0.4) is 0 Å². The molecule has 5 rings (SSSR count). The van der Waals surface area contributed by atoms with Crippen LogP contribution in [0.1, 0.15) is 45.4 Å². The highest BCUT2D eigenvalue weighted by molar-refractivity contribution is 5.88. The van der Waals surface area contributed by atoms with Crippen molar-refractivity contribution in [2.45, 2.75) is 63.1 Å². The lowest BCUT2D eigenvalue weighted by atomic mass is 9.73. The molecule has 5 heteroatoms. The molecule has 0 radical (unpaired) electrons. The minimum absolute atomic E-state index is 0.0413. The van der Waals surface area contributed by atoms with Gasteiger partial charge in [-0.05, 0) is 50.4 Å². The number of rotatable bonds is 3. The highest BCUT2D eigenvalue weighted by atomic mass is 16.5. The summed E-state index contributed by atoms with van der Waals surface area (Å²) in [6.07, 6.45) is 6.18. The van der Waals surface area contributed by atoms with Crippen LogP contribution >= 0.6 is 0 Å². The van der Waals surface area contributed by atoms with Crippen molar-refractivity contribution in [1.29, 1.82) is 0 Å². The van der Waals surface area contributed by atoms with Crippen LogP contribution in [0, 0.1) is 11.8 Å². The molecule has 116 valence electrons. The van der Waals surface area contributed by atoms with Gasteiger partial charge in [-0.1, -0.05) is 0 Å². The second kappa shape index (κ2) is 4.70. The summed E-state index contributed by atoms with van der Waals surface area (Å²) in [7, 11) is 0. The zero-order valence-corrected chi connectivity index (χ0v) is 12.6. The molecule has 1 N–H and O–H groups in total. The van der Waals surface area contributed by atoms with Gasteiger partial charge >= 0.3 is 0 Å². The van der Waals surface area contributed by atoms with Gasteiger partial charge < -0.3 is 15.0 Å². The highest BCUT2D eigenvalue weighted by Gasteiger charge is 2.60. The Kier molecular flexibility index (Phi) is 3.03. The van der Waals surface area contributed by atoms with E-state index in [0.29, 0.717) is 23.9 Å². The number of hydrogen-bond acceptors (Lipinski definition) is 3. The van der Waals surface area contributed by atoms with Gasteiger partial charge in [-0.3, -0.25) is 9.59 Å². The summed E-state index contributed by atoms with van der Waals surface area (Å²) >= 11 is 0. The fourth-order valence-electron chi connectivity index (χ4n) is 4.93. The lowest BCUT2D eigenvalue weighted by Gasteiger charge is -2.45. The summed E-state index contributed by atoms with van der Waals surface area (Å²) < 4.78 is 5.81. The first-order valence-corrected chi connectivity index (χ1v) is 8.28. The quantitative estimate of drug-likeness (QED) is 0.846. The molecule has 1 saturated carbocycles. The van der Waals surface area contributed by atoms with E-state index in [1.165, 1.54) is 0 Å². The number of ether oxygens (including phenoxy) is 1. The molecule has 1 aliphatic carbocycles. The first-order valence-electron chi connectivity index (χ1n) is 8.28. The third-order valence-corrected chi connectivity index (χ3v) is 5.93. The normalized spacial score (nSPS) is 43.6. The molecule has 0 aromatic heterocycles. The molecule has 3 atom stereocenters. The minimum Gasteiger partial charge on any atom is -0.365 e. The number of nitrogens with one attached hydrogen (secondary N) is 1. The van der Waals surface area contributed by atoms with Crippen molar-refractivity contribution in [2.75, 3.05) is 13.2 Å². The molecule has 4 aliphatic heterocycles. The minimum atomic E-state index is -0.448. The number of piperidine rings is 1. The third-order valence-electron chi connectivity index (χ3n) is 5.93. The number of fused-ring (bicyclic) bond motifs is 3. The van der Waals surface area contributed by atoms with Crippen LogP contribution in [0.5, 0.6) is 0 Å². The number of hydrogen-bond donors (Lipinski definition) is 1. The van der Waals surface area contributed by atoms with Gasteiger partial charge in [0.15, 0.2) is 0 Å². The zero-order chi connectivity index (χ0) is 14.6. The lowest BCUT2D eigenvalue weighted by Crippen LogP contribution is -2.58. The van der Waals surface area contributed by atoms with Crippen molar-refractivity contribution in [1.82, 2.24) is 10.2 Å². The average Bonchev–Trinajstić information content (AvgIpc) is 3.08. The van der Waals surface area contributed by atoms with Crippen molar-refractivity contribution in [3.8, 4) is 0 Å². The molecule has 0 aromatic carbocycles. The maximum atomic E-state index is 12.9. The Labute approximate surface area is 125 Å². The van der Waals surface area contributed by atoms with Crippen LogP contribution in [0.15, 0.2) is 0 Å². The van der Waals surface area contributed by atoms with Gasteiger partial charge in [0.25, 0.3) is 5.91 Å². The fourth-order valence-corrected chi connectivity index (χ4v) is 4.93. The van der Waals surface area contributed by atoms with E-state index < -0.39 is 5.60 Å². The summed E-state index contributed by atoms with van der Waals surface area (Å²) in [6, 6.07) is 0.736. The molecule has 1 unspecified atom stereocenters. The Balaban J connectivity index is 1.42. The number of carbonyl (C=O) groups excluding carboxylic acids is 2. The van der Waals surface area contributed by atoms with Crippen LogP contribution in [0.4, 0.5) is 0 Å². The van der Waals surface area contributed by atoms with E-state index in [2.05, 4.69) is 10.2 Å². The predicted octanol–water partition coefficient (Wildman–Crippen LogP) is 1.07. The van der Waals surface area contributed by atoms with Crippen LogP contribution < -0.4 is 5.32 Å². The zero-order valence-electron chi connectivity index (χ0n) is 12.6. The second-order valence-electron chi connectivity index (χ2n) is 7.45. The Hall–Kier alpha value is -1.10. The summed E-state index contributed by atoms with van der Waals surface area (Å²) in [5.41, 5.74) is -0.448. The molecule has 4 saturated heterocycles. The molecule has 21 heavy (non-hydrogen) atoms. The van der Waals surface area contributed by atoms with Crippen molar-refractivity contribution < 1.29 is 14.3 Å². The summed E-state index contributed by atoms with van der Waals surface area (Å²) in [4.78, 5) is 26.2. The average molecular weight is 292 g/mol.